The topological polar surface area (TPSA) is 111 Å². The van der Waals surface area contributed by atoms with Gasteiger partial charge in [-0.25, -0.2) is 14.5 Å². The van der Waals surface area contributed by atoms with Gasteiger partial charge in [-0.3, -0.25) is 4.40 Å². The van der Waals surface area contributed by atoms with Gasteiger partial charge in [-0.1, -0.05) is 5.21 Å². The normalized spacial score (nSPS) is 20.6. The number of likely N-dealkylation sites (tertiary alicyclic amines) is 1. The van der Waals surface area contributed by atoms with Gasteiger partial charge in [-0.2, -0.15) is 5.26 Å². The van der Waals surface area contributed by atoms with Crippen LogP contribution in [0, 0.1) is 24.2 Å². The quantitative estimate of drug-likeness (QED) is 0.555. The molecule has 2 aliphatic rings. The Morgan fingerprint density at radius 1 is 1.23 bits per heavy atom. The van der Waals surface area contributed by atoms with Crippen LogP contribution in [0.4, 0.5) is 4.79 Å². The van der Waals surface area contributed by atoms with E-state index in [1.54, 1.807) is 11.5 Å². The minimum Gasteiger partial charge on any atom is -0.482 e. The molecule has 3 aromatic rings. The summed E-state index contributed by atoms with van der Waals surface area (Å²) in [5, 5.41) is 18.4. The van der Waals surface area contributed by atoms with E-state index in [2.05, 4.69) is 21.4 Å². The van der Waals surface area contributed by atoms with E-state index in [4.69, 9.17) is 9.47 Å². The number of fused-ring (bicyclic) bond motifs is 1. The third-order valence-electron chi connectivity index (χ3n) is 6.85. The second kappa shape index (κ2) is 8.56. The Morgan fingerprint density at radius 3 is 2.66 bits per heavy atom. The lowest BCUT2D eigenvalue weighted by Crippen LogP contribution is -2.49. The Bertz CT molecular complexity index is 1310. The van der Waals surface area contributed by atoms with Crippen LogP contribution in [0.5, 0.6) is 5.88 Å². The Labute approximate surface area is 204 Å². The van der Waals surface area contributed by atoms with E-state index in [-0.39, 0.29) is 18.2 Å². The van der Waals surface area contributed by atoms with Crippen molar-refractivity contribution in [3.8, 4) is 23.2 Å². The van der Waals surface area contributed by atoms with E-state index in [9.17, 15) is 10.1 Å². The van der Waals surface area contributed by atoms with E-state index in [1.807, 2.05) is 49.4 Å². The maximum absolute atomic E-state index is 12.9. The molecule has 10 heteroatoms. The summed E-state index contributed by atoms with van der Waals surface area (Å²) >= 11 is 0. The van der Waals surface area contributed by atoms with Crippen molar-refractivity contribution in [2.24, 2.45) is 5.92 Å². The van der Waals surface area contributed by atoms with Crippen molar-refractivity contribution in [3.05, 3.63) is 29.7 Å². The maximum atomic E-state index is 12.9. The zero-order chi connectivity index (χ0) is 24.9. The number of methoxy groups -OCH3 is 1. The molecule has 1 aliphatic carbocycles. The Kier molecular flexibility index (Phi) is 5.66. The highest BCUT2D eigenvalue weighted by Crippen LogP contribution is 2.43. The number of pyridine rings is 1. The molecule has 5 rings (SSSR count). The molecule has 3 aromatic heterocycles. The first-order chi connectivity index (χ1) is 16.7. The summed E-state index contributed by atoms with van der Waals surface area (Å²) in [5.74, 6) is 1.04. The number of nitriles is 1. The van der Waals surface area contributed by atoms with Crippen LogP contribution in [0.2, 0.25) is 0 Å². The van der Waals surface area contributed by atoms with E-state index >= 15 is 0 Å². The van der Waals surface area contributed by atoms with E-state index in [0.717, 1.165) is 42.6 Å². The fourth-order valence-electron chi connectivity index (χ4n) is 5.07. The highest BCUT2D eigenvalue weighted by Gasteiger charge is 2.43. The molecular formula is C25H31N7O3. The number of hydrogen-bond acceptors (Lipinski definition) is 7. The molecule has 0 aromatic carbocycles. The van der Waals surface area contributed by atoms with Crippen molar-refractivity contribution in [2.75, 3.05) is 13.7 Å². The predicted molar refractivity (Wildman–Crippen MR) is 128 cm³/mol. The number of carbonyl (C=O) groups is 1. The molecule has 0 spiro atoms. The molecule has 1 saturated carbocycles. The van der Waals surface area contributed by atoms with E-state index in [1.165, 1.54) is 6.20 Å². The van der Waals surface area contributed by atoms with E-state index in [0.29, 0.717) is 29.7 Å². The molecule has 2 atom stereocenters. The third kappa shape index (κ3) is 4.31. The standard InChI is InChI=1S/C25H31N7O3/c1-15-23(17-10-21-27-14-19(13-26)31(21)22(11-17)34-5)28-29-32(15)18-8-9-30(20(12-18)16-6-7-16)24(33)35-25(2,3)4/h10-11,14,16,18,20H,6-9,12H2,1-5H3. The third-order valence-corrected chi connectivity index (χ3v) is 6.85. The lowest BCUT2D eigenvalue weighted by Gasteiger charge is -2.40. The summed E-state index contributed by atoms with van der Waals surface area (Å²) in [6.45, 7) is 8.37. The lowest BCUT2D eigenvalue weighted by molar-refractivity contribution is 0.00131. The summed E-state index contributed by atoms with van der Waals surface area (Å²) < 4.78 is 14.9. The average molecular weight is 478 g/mol. The number of piperidine rings is 1. The monoisotopic (exact) mass is 477 g/mol. The second-order valence-corrected chi connectivity index (χ2v) is 10.5. The molecule has 0 radical (unpaired) electrons. The van der Waals surface area contributed by atoms with Gasteiger partial charge in [-0.15, -0.1) is 5.10 Å². The number of nitrogens with zero attached hydrogens (tertiary/aromatic N) is 7. The van der Waals surface area contributed by atoms with Gasteiger partial charge in [0.2, 0.25) is 5.88 Å². The highest BCUT2D eigenvalue weighted by atomic mass is 16.6. The lowest BCUT2D eigenvalue weighted by atomic mass is 9.94. The van der Waals surface area contributed by atoms with Crippen LogP contribution in [0.15, 0.2) is 18.3 Å². The molecule has 2 fully saturated rings. The Hall–Kier alpha value is -3.61. The molecule has 1 saturated heterocycles. The van der Waals surface area contributed by atoms with Gasteiger partial charge in [0.25, 0.3) is 0 Å². The van der Waals surface area contributed by atoms with Gasteiger partial charge >= 0.3 is 6.09 Å². The number of aromatic nitrogens is 5. The molecule has 0 N–H and O–H groups in total. The minimum absolute atomic E-state index is 0.154. The summed E-state index contributed by atoms with van der Waals surface area (Å²) in [5.41, 5.74) is 3.05. The SMILES string of the molecule is COc1cc(-c2nnn(C3CCN(C(=O)OC(C)(C)C)C(C4CC4)C3)c2C)cc2ncc(C#N)n12. The van der Waals surface area contributed by atoms with Crippen LogP contribution in [-0.2, 0) is 4.74 Å². The van der Waals surface area contributed by atoms with Gasteiger partial charge in [0, 0.05) is 24.2 Å². The van der Waals surface area contributed by atoms with Crippen molar-refractivity contribution in [3.63, 3.8) is 0 Å². The molecular weight excluding hydrogens is 446 g/mol. The predicted octanol–water partition coefficient (Wildman–Crippen LogP) is 4.13. The fraction of sp³-hybridized carbons (Fsp3) is 0.560. The molecule has 1 amide bonds. The summed E-state index contributed by atoms with van der Waals surface area (Å²) in [7, 11) is 1.57. The van der Waals surface area contributed by atoms with Crippen molar-refractivity contribution >= 4 is 11.7 Å². The van der Waals surface area contributed by atoms with E-state index < -0.39 is 5.60 Å². The van der Waals surface area contributed by atoms with Crippen LogP contribution in [0.1, 0.15) is 63.9 Å². The molecule has 1 aliphatic heterocycles. The van der Waals surface area contributed by atoms with Gasteiger partial charge in [-0.05, 0) is 65.4 Å². The summed E-state index contributed by atoms with van der Waals surface area (Å²) in [4.78, 5) is 19.2. The Morgan fingerprint density at radius 2 is 2.00 bits per heavy atom. The Balaban J connectivity index is 1.42. The zero-order valence-corrected chi connectivity index (χ0v) is 20.9. The number of hydrogen-bond donors (Lipinski definition) is 0. The smallest absolute Gasteiger partial charge is 0.410 e. The van der Waals surface area contributed by atoms with Crippen molar-refractivity contribution in [1.29, 1.82) is 5.26 Å². The first kappa shape index (κ1) is 23.1. The van der Waals surface area contributed by atoms with Crippen molar-refractivity contribution in [2.45, 2.75) is 71.1 Å². The molecule has 0 bridgehead atoms. The molecule has 35 heavy (non-hydrogen) atoms. The van der Waals surface area contributed by atoms with Crippen LogP contribution in [0.25, 0.3) is 16.9 Å². The highest BCUT2D eigenvalue weighted by molar-refractivity contribution is 5.69. The second-order valence-electron chi connectivity index (χ2n) is 10.5. The van der Waals surface area contributed by atoms with Crippen LogP contribution >= 0.6 is 0 Å². The van der Waals surface area contributed by atoms with Crippen molar-refractivity contribution < 1.29 is 14.3 Å². The first-order valence-corrected chi connectivity index (χ1v) is 12.1. The fourth-order valence-corrected chi connectivity index (χ4v) is 5.07. The first-order valence-electron chi connectivity index (χ1n) is 12.1. The molecule has 184 valence electrons. The number of carbonyl (C=O) groups excluding carboxylic acids is 1. The molecule has 4 heterocycles. The zero-order valence-electron chi connectivity index (χ0n) is 20.9. The summed E-state index contributed by atoms with van der Waals surface area (Å²) in [6, 6.07) is 6.19. The van der Waals surface area contributed by atoms with Crippen molar-refractivity contribution in [1.82, 2.24) is 29.3 Å². The maximum Gasteiger partial charge on any atom is 0.410 e. The molecule has 2 unspecified atom stereocenters. The van der Waals surface area contributed by atoms with Crippen LogP contribution in [-0.4, -0.2) is 60.7 Å². The van der Waals surface area contributed by atoms with Crippen LogP contribution < -0.4 is 4.74 Å². The number of rotatable bonds is 4. The number of amides is 1. The summed E-state index contributed by atoms with van der Waals surface area (Å²) in [6.07, 6.45) is 5.23. The average Bonchev–Trinajstić information content (AvgIpc) is 3.47. The minimum atomic E-state index is -0.509. The van der Waals surface area contributed by atoms with Gasteiger partial charge in [0.15, 0.2) is 0 Å². The molecule has 10 nitrogen and oxygen atoms in total. The van der Waals surface area contributed by atoms with Gasteiger partial charge in [0.1, 0.15) is 28.7 Å². The largest absolute Gasteiger partial charge is 0.482 e. The number of ether oxygens (including phenoxy) is 2. The van der Waals surface area contributed by atoms with Gasteiger partial charge in [0.05, 0.1) is 25.0 Å². The number of imidazole rings is 1. The van der Waals surface area contributed by atoms with Crippen LogP contribution in [0.3, 0.4) is 0 Å². The van der Waals surface area contributed by atoms with Gasteiger partial charge < -0.3 is 14.4 Å².